The number of rotatable bonds is 6. The normalized spacial score (nSPS) is 11.2. The molecule has 0 radical (unpaired) electrons. The van der Waals surface area contributed by atoms with Gasteiger partial charge in [0.15, 0.2) is 12.0 Å². The number of nitrogens with one attached hydrogen (secondary N) is 1. The Hall–Kier alpha value is -4.85. The van der Waals surface area contributed by atoms with Gasteiger partial charge >= 0.3 is 0 Å². The molecule has 0 amide bonds. The highest BCUT2D eigenvalue weighted by atomic mass is 19.1. The monoisotopic (exact) mass is 463 g/mol. The van der Waals surface area contributed by atoms with Crippen molar-refractivity contribution >= 4 is 39.6 Å². The molecule has 0 unspecified atom stereocenters. The minimum atomic E-state index is -0.499. The number of aldehydes is 1. The van der Waals surface area contributed by atoms with Crippen LogP contribution < -0.4 is 5.32 Å². The van der Waals surface area contributed by atoms with Crippen LogP contribution >= 0.6 is 0 Å². The Morgan fingerprint density at radius 1 is 1.00 bits per heavy atom. The molecule has 0 fully saturated rings. The molecular formula is C27H18FN5O2. The second-order valence-electron chi connectivity index (χ2n) is 8.08. The maximum absolute atomic E-state index is 14.8. The summed E-state index contributed by atoms with van der Waals surface area (Å²) in [6.07, 6.45) is 3.80. The summed E-state index contributed by atoms with van der Waals surface area (Å²) in [4.78, 5) is 19.5. The fourth-order valence-electron chi connectivity index (χ4n) is 4.11. The molecule has 35 heavy (non-hydrogen) atoms. The van der Waals surface area contributed by atoms with E-state index in [1.165, 1.54) is 24.0 Å². The number of benzene rings is 3. The number of carbonyl (C=O) groups excluding carboxylic acids is 1. The molecule has 7 nitrogen and oxygen atoms in total. The van der Waals surface area contributed by atoms with Crippen molar-refractivity contribution in [3.63, 3.8) is 0 Å². The van der Waals surface area contributed by atoms with Crippen molar-refractivity contribution in [3.8, 4) is 11.3 Å². The zero-order valence-corrected chi connectivity index (χ0v) is 18.4. The Kier molecular flexibility index (Phi) is 5.03. The third kappa shape index (κ3) is 3.91. The van der Waals surface area contributed by atoms with Crippen molar-refractivity contribution in [1.82, 2.24) is 19.7 Å². The van der Waals surface area contributed by atoms with Crippen LogP contribution in [-0.4, -0.2) is 26.0 Å². The fraction of sp³-hybridized carbons (Fsp3) is 0.0370. The topological polar surface area (TPSA) is 85.8 Å². The van der Waals surface area contributed by atoms with Gasteiger partial charge < -0.3 is 9.73 Å². The number of nitrogens with zero attached hydrogens (tertiary/aromatic N) is 4. The van der Waals surface area contributed by atoms with E-state index in [0.29, 0.717) is 29.6 Å². The lowest BCUT2D eigenvalue weighted by molar-refractivity contribution is 0.110. The number of fused-ring (bicyclic) bond motifs is 2. The molecule has 0 aliphatic rings. The summed E-state index contributed by atoms with van der Waals surface area (Å²) in [5, 5.41) is 9.45. The van der Waals surface area contributed by atoms with E-state index in [2.05, 4.69) is 32.5 Å². The van der Waals surface area contributed by atoms with Crippen molar-refractivity contribution in [2.75, 3.05) is 5.32 Å². The van der Waals surface area contributed by atoms with E-state index >= 15 is 0 Å². The van der Waals surface area contributed by atoms with Gasteiger partial charge in [0.05, 0.1) is 29.3 Å². The lowest BCUT2D eigenvalue weighted by Crippen LogP contribution is -2.01. The summed E-state index contributed by atoms with van der Waals surface area (Å²) >= 11 is 0. The Morgan fingerprint density at radius 2 is 1.89 bits per heavy atom. The molecule has 0 saturated carbocycles. The van der Waals surface area contributed by atoms with Gasteiger partial charge in [-0.05, 0) is 42.0 Å². The standard InChI is InChI=1S/C27H18FN5O2/c28-23-12-24-22(11-21(23)26-9-7-20(15-34)35-26)27(30-16-29-24)32-19-6-8-25-18(10-19)13-31-33(25)14-17-4-2-1-3-5-17/h1-13,15-16H,14H2,(H,29,30,32). The molecule has 3 aromatic carbocycles. The molecular weight excluding hydrogens is 445 g/mol. The maximum Gasteiger partial charge on any atom is 0.185 e. The smallest absolute Gasteiger partial charge is 0.185 e. The number of aromatic nitrogens is 4. The molecule has 3 aromatic heterocycles. The van der Waals surface area contributed by atoms with Gasteiger partial charge in [0.2, 0.25) is 0 Å². The molecule has 1 N–H and O–H groups in total. The van der Waals surface area contributed by atoms with Gasteiger partial charge in [-0.1, -0.05) is 30.3 Å². The van der Waals surface area contributed by atoms with E-state index in [4.69, 9.17) is 4.42 Å². The van der Waals surface area contributed by atoms with Gasteiger partial charge in [0, 0.05) is 22.5 Å². The highest BCUT2D eigenvalue weighted by Gasteiger charge is 2.15. The molecule has 0 saturated heterocycles. The highest BCUT2D eigenvalue weighted by molar-refractivity contribution is 5.94. The van der Waals surface area contributed by atoms with Crippen LogP contribution in [0.4, 0.5) is 15.9 Å². The van der Waals surface area contributed by atoms with E-state index in [9.17, 15) is 9.18 Å². The average Bonchev–Trinajstić information content (AvgIpc) is 3.51. The van der Waals surface area contributed by atoms with Gasteiger partial charge in [-0.2, -0.15) is 5.10 Å². The number of carbonyl (C=O) groups is 1. The fourth-order valence-corrected chi connectivity index (χ4v) is 4.11. The number of hydrogen-bond acceptors (Lipinski definition) is 6. The van der Waals surface area contributed by atoms with Gasteiger partial charge in [0.1, 0.15) is 23.7 Å². The number of anilines is 2. The van der Waals surface area contributed by atoms with Crippen LogP contribution in [0.2, 0.25) is 0 Å². The molecule has 0 bridgehead atoms. The Labute approximate surface area is 198 Å². The van der Waals surface area contributed by atoms with Gasteiger partial charge in [-0.15, -0.1) is 0 Å². The van der Waals surface area contributed by atoms with E-state index in [-0.39, 0.29) is 17.1 Å². The molecule has 0 aliphatic heterocycles. The van der Waals surface area contributed by atoms with E-state index in [1.807, 2.05) is 47.3 Å². The Balaban J connectivity index is 1.34. The minimum Gasteiger partial charge on any atom is -0.453 e. The summed E-state index contributed by atoms with van der Waals surface area (Å²) in [6.45, 7) is 0.681. The summed E-state index contributed by atoms with van der Waals surface area (Å²) < 4.78 is 22.2. The van der Waals surface area contributed by atoms with Crippen LogP contribution in [0.5, 0.6) is 0 Å². The number of hydrogen-bond donors (Lipinski definition) is 1. The predicted molar refractivity (Wildman–Crippen MR) is 131 cm³/mol. The first-order valence-electron chi connectivity index (χ1n) is 10.9. The van der Waals surface area contributed by atoms with Gasteiger partial charge in [0.25, 0.3) is 0 Å². The molecule has 6 aromatic rings. The third-order valence-electron chi connectivity index (χ3n) is 5.81. The van der Waals surface area contributed by atoms with Crippen LogP contribution in [0.25, 0.3) is 33.1 Å². The first-order chi connectivity index (χ1) is 17.2. The van der Waals surface area contributed by atoms with Crippen molar-refractivity contribution in [2.24, 2.45) is 0 Å². The summed E-state index contributed by atoms with van der Waals surface area (Å²) in [5.74, 6) is 0.410. The van der Waals surface area contributed by atoms with E-state index < -0.39 is 5.82 Å². The van der Waals surface area contributed by atoms with Gasteiger partial charge in [-0.25, -0.2) is 14.4 Å². The largest absolute Gasteiger partial charge is 0.453 e. The highest BCUT2D eigenvalue weighted by Crippen LogP contribution is 2.32. The number of furan rings is 1. The predicted octanol–water partition coefficient (Wildman–Crippen LogP) is 5.98. The second kappa shape index (κ2) is 8.49. The van der Waals surface area contributed by atoms with Crippen LogP contribution in [0, 0.1) is 5.82 Å². The Bertz CT molecular complexity index is 1690. The van der Waals surface area contributed by atoms with Crippen LogP contribution in [-0.2, 0) is 6.54 Å². The van der Waals surface area contributed by atoms with Crippen molar-refractivity contribution in [1.29, 1.82) is 0 Å². The van der Waals surface area contributed by atoms with Gasteiger partial charge in [-0.3, -0.25) is 9.48 Å². The summed E-state index contributed by atoms with van der Waals surface area (Å²) in [6, 6.07) is 22.1. The van der Waals surface area contributed by atoms with Crippen molar-refractivity contribution in [2.45, 2.75) is 6.54 Å². The molecule has 170 valence electrons. The molecule has 0 spiro atoms. The first kappa shape index (κ1) is 20.7. The zero-order chi connectivity index (χ0) is 23.8. The lowest BCUT2D eigenvalue weighted by atomic mass is 10.1. The third-order valence-corrected chi connectivity index (χ3v) is 5.81. The van der Waals surface area contributed by atoms with Crippen molar-refractivity contribution in [3.05, 3.63) is 102 Å². The van der Waals surface area contributed by atoms with Crippen LogP contribution in [0.15, 0.2) is 89.7 Å². The Morgan fingerprint density at radius 3 is 2.71 bits per heavy atom. The lowest BCUT2D eigenvalue weighted by Gasteiger charge is -2.10. The zero-order valence-electron chi connectivity index (χ0n) is 18.4. The second-order valence-corrected chi connectivity index (χ2v) is 8.08. The minimum absolute atomic E-state index is 0.128. The van der Waals surface area contributed by atoms with E-state index in [1.54, 1.807) is 12.1 Å². The molecule has 3 heterocycles. The summed E-state index contributed by atoms with van der Waals surface area (Å²) in [5.41, 5.74) is 3.67. The average molecular weight is 463 g/mol. The van der Waals surface area contributed by atoms with Crippen LogP contribution in [0.1, 0.15) is 16.1 Å². The molecule has 0 atom stereocenters. The van der Waals surface area contributed by atoms with Crippen LogP contribution in [0.3, 0.4) is 0 Å². The first-order valence-corrected chi connectivity index (χ1v) is 10.9. The number of halogens is 1. The molecule has 6 rings (SSSR count). The maximum atomic E-state index is 14.8. The summed E-state index contributed by atoms with van der Waals surface area (Å²) in [7, 11) is 0. The molecule has 0 aliphatic carbocycles. The van der Waals surface area contributed by atoms with Crippen molar-refractivity contribution < 1.29 is 13.6 Å². The quantitative estimate of drug-likeness (QED) is 0.306. The SMILES string of the molecule is O=Cc1ccc(-c2cc3c(Nc4ccc5c(cnn5Cc5ccccc5)c4)ncnc3cc2F)o1. The molecule has 8 heteroatoms. The van der Waals surface area contributed by atoms with E-state index in [0.717, 1.165) is 16.6 Å².